The Bertz CT molecular complexity index is 370. The summed E-state index contributed by atoms with van der Waals surface area (Å²) in [7, 11) is 0. The topological polar surface area (TPSA) is 104 Å². The maximum Gasteiger partial charge on any atom is 0.260 e. The number of hydrogen-bond donors (Lipinski definition) is 2. The quantitative estimate of drug-likeness (QED) is 0.716. The van der Waals surface area contributed by atoms with E-state index in [2.05, 4.69) is 15.1 Å². The molecule has 0 unspecified atom stereocenters. The fourth-order valence-electron chi connectivity index (χ4n) is 0.899. The summed E-state index contributed by atoms with van der Waals surface area (Å²) < 4.78 is 4.82. The first-order valence-electron chi connectivity index (χ1n) is 3.52. The molecule has 0 aliphatic carbocycles. The zero-order valence-corrected chi connectivity index (χ0v) is 7.41. The molecule has 0 amide bonds. The Morgan fingerprint density at radius 1 is 1.38 bits per heavy atom. The Kier molecular flexibility index (Phi) is 1.85. The van der Waals surface area contributed by atoms with E-state index in [-0.39, 0.29) is 5.95 Å². The highest BCUT2D eigenvalue weighted by Gasteiger charge is 2.06. The van der Waals surface area contributed by atoms with Crippen LogP contribution in [-0.4, -0.2) is 15.1 Å². The number of nitrogen functional groups attached to an aromatic ring is 2. The van der Waals surface area contributed by atoms with Crippen LogP contribution < -0.4 is 11.5 Å². The summed E-state index contributed by atoms with van der Waals surface area (Å²) in [5.41, 5.74) is 11.5. The second-order valence-electron chi connectivity index (χ2n) is 2.40. The van der Waals surface area contributed by atoms with E-state index in [0.29, 0.717) is 17.4 Å². The van der Waals surface area contributed by atoms with Gasteiger partial charge in [-0.2, -0.15) is 4.98 Å². The third kappa shape index (κ3) is 1.75. The number of nitrogens with two attached hydrogens (primary N) is 2. The number of nitrogens with zero attached hydrogens (tertiary/aromatic N) is 3. The van der Waals surface area contributed by atoms with Crippen molar-refractivity contribution in [1.29, 1.82) is 0 Å². The van der Waals surface area contributed by atoms with Gasteiger partial charge < -0.3 is 16.0 Å². The number of anilines is 2. The largest absolute Gasteiger partial charge is 0.375 e. The maximum atomic E-state index is 5.45. The van der Waals surface area contributed by atoms with Crippen LogP contribution in [0.2, 0.25) is 0 Å². The van der Waals surface area contributed by atoms with Crippen LogP contribution in [0.4, 0.5) is 11.1 Å². The van der Waals surface area contributed by atoms with E-state index in [1.165, 1.54) is 11.3 Å². The molecule has 0 bridgehead atoms. The molecule has 0 atom stereocenters. The smallest absolute Gasteiger partial charge is 0.260 e. The number of rotatable bonds is 2. The van der Waals surface area contributed by atoms with E-state index in [1.54, 1.807) is 0 Å². The first-order valence-corrected chi connectivity index (χ1v) is 4.40. The first kappa shape index (κ1) is 7.99. The van der Waals surface area contributed by atoms with Crippen LogP contribution >= 0.6 is 11.3 Å². The fourth-order valence-corrected chi connectivity index (χ4v) is 1.46. The zero-order valence-electron chi connectivity index (χ0n) is 6.60. The van der Waals surface area contributed by atoms with E-state index in [4.69, 9.17) is 16.0 Å². The minimum Gasteiger partial charge on any atom is -0.375 e. The zero-order chi connectivity index (χ0) is 9.26. The Morgan fingerprint density at radius 3 is 2.77 bits per heavy atom. The Hall–Kier alpha value is -1.63. The van der Waals surface area contributed by atoms with Crippen molar-refractivity contribution < 1.29 is 4.52 Å². The number of thiazole rings is 1. The van der Waals surface area contributed by atoms with Crippen LogP contribution in [0.1, 0.15) is 11.6 Å². The predicted octanol–water partition coefficient (Wildman–Crippen LogP) is 0.281. The summed E-state index contributed by atoms with van der Waals surface area (Å²) >= 11 is 1.38. The summed E-state index contributed by atoms with van der Waals surface area (Å²) in [6, 6.07) is 0. The molecular formula is C6H7N5OS. The van der Waals surface area contributed by atoms with Crippen molar-refractivity contribution in [3.63, 3.8) is 0 Å². The molecule has 0 fully saturated rings. The van der Waals surface area contributed by atoms with Crippen molar-refractivity contribution in [2.45, 2.75) is 6.42 Å². The molecular weight excluding hydrogens is 190 g/mol. The van der Waals surface area contributed by atoms with Crippen molar-refractivity contribution in [1.82, 2.24) is 15.1 Å². The van der Waals surface area contributed by atoms with Gasteiger partial charge in [-0.3, -0.25) is 0 Å². The molecule has 2 aromatic heterocycles. The monoisotopic (exact) mass is 197 g/mol. The van der Waals surface area contributed by atoms with E-state index < -0.39 is 0 Å². The molecule has 13 heavy (non-hydrogen) atoms. The predicted molar refractivity (Wildman–Crippen MR) is 48.0 cm³/mol. The molecule has 0 saturated carbocycles. The number of aromatic nitrogens is 3. The third-order valence-corrected chi connectivity index (χ3v) is 2.11. The standard InChI is InChI=1S/C6H7N5OS/c7-5-10-4(12-11-5)1-3-2-13-6(8)9-3/h2H,1H2,(H2,7,11)(H2,8,9). The van der Waals surface area contributed by atoms with Gasteiger partial charge in [0.2, 0.25) is 5.89 Å². The highest BCUT2D eigenvalue weighted by atomic mass is 32.1. The molecule has 0 aliphatic heterocycles. The van der Waals surface area contributed by atoms with E-state index in [0.717, 1.165) is 5.69 Å². The van der Waals surface area contributed by atoms with Gasteiger partial charge in [0.25, 0.3) is 5.95 Å². The lowest BCUT2D eigenvalue weighted by Crippen LogP contribution is -1.91. The molecule has 2 heterocycles. The van der Waals surface area contributed by atoms with Crippen LogP contribution in [0.25, 0.3) is 0 Å². The molecule has 0 aliphatic rings. The van der Waals surface area contributed by atoms with Crippen LogP contribution in [0, 0.1) is 0 Å². The Morgan fingerprint density at radius 2 is 2.23 bits per heavy atom. The summed E-state index contributed by atoms with van der Waals surface area (Å²) in [5.74, 6) is 0.584. The van der Waals surface area contributed by atoms with Gasteiger partial charge in [0.05, 0.1) is 12.1 Å². The second kappa shape index (κ2) is 3.02. The molecule has 7 heteroatoms. The highest BCUT2D eigenvalue weighted by Crippen LogP contribution is 2.14. The molecule has 6 nitrogen and oxygen atoms in total. The van der Waals surface area contributed by atoms with Crippen molar-refractivity contribution in [3.8, 4) is 0 Å². The molecule has 0 aromatic carbocycles. The van der Waals surface area contributed by atoms with Gasteiger partial charge in [-0.1, -0.05) is 0 Å². The average Bonchev–Trinajstić information content (AvgIpc) is 2.62. The van der Waals surface area contributed by atoms with Crippen molar-refractivity contribution in [2.75, 3.05) is 11.5 Å². The number of hydrogen-bond acceptors (Lipinski definition) is 7. The molecule has 0 saturated heterocycles. The van der Waals surface area contributed by atoms with E-state index in [9.17, 15) is 0 Å². The van der Waals surface area contributed by atoms with Crippen molar-refractivity contribution in [2.24, 2.45) is 0 Å². The Balaban J connectivity index is 2.14. The summed E-state index contributed by atoms with van der Waals surface area (Å²) in [6.45, 7) is 0. The fraction of sp³-hybridized carbons (Fsp3) is 0.167. The van der Waals surface area contributed by atoms with Gasteiger partial charge in [-0.15, -0.1) is 11.3 Å². The molecule has 0 spiro atoms. The Labute approximate surface area is 77.6 Å². The van der Waals surface area contributed by atoms with Crippen LogP contribution in [0.3, 0.4) is 0 Å². The van der Waals surface area contributed by atoms with Crippen molar-refractivity contribution >= 4 is 22.4 Å². The van der Waals surface area contributed by atoms with Gasteiger partial charge in [0.15, 0.2) is 5.13 Å². The maximum absolute atomic E-state index is 5.45. The minimum atomic E-state index is 0.137. The molecule has 68 valence electrons. The van der Waals surface area contributed by atoms with Gasteiger partial charge in [0, 0.05) is 5.38 Å². The lowest BCUT2D eigenvalue weighted by molar-refractivity contribution is 0.385. The van der Waals surface area contributed by atoms with Gasteiger partial charge in [-0.25, -0.2) is 4.98 Å². The van der Waals surface area contributed by atoms with Crippen LogP contribution in [-0.2, 0) is 6.42 Å². The molecule has 0 radical (unpaired) electrons. The van der Waals surface area contributed by atoms with Crippen LogP contribution in [0.15, 0.2) is 9.90 Å². The summed E-state index contributed by atoms with van der Waals surface area (Å²) in [4.78, 5) is 7.88. The normalized spacial score (nSPS) is 10.5. The average molecular weight is 197 g/mol. The van der Waals surface area contributed by atoms with Gasteiger partial charge >= 0.3 is 0 Å². The van der Waals surface area contributed by atoms with Crippen molar-refractivity contribution in [3.05, 3.63) is 17.0 Å². The van der Waals surface area contributed by atoms with Gasteiger partial charge in [-0.05, 0) is 5.16 Å². The SMILES string of the molecule is Nc1noc(Cc2csc(N)n2)n1. The minimum absolute atomic E-state index is 0.137. The third-order valence-electron chi connectivity index (χ3n) is 1.39. The van der Waals surface area contributed by atoms with Gasteiger partial charge in [0.1, 0.15) is 0 Å². The highest BCUT2D eigenvalue weighted by molar-refractivity contribution is 7.13. The molecule has 4 N–H and O–H groups in total. The molecule has 2 aromatic rings. The second-order valence-corrected chi connectivity index (χ2v) is 3.29. The summed E-state index contributed by atoms with van der Waals surface area (Å²) in [5, 5.41) is 5.83. The lowest BCUT2D eigenvalue weighted by atomic mass is 10.3. The lowest BCUT2D eigenvalue weighted by Gasteiger charge is -1.86. The summed E-state index contributed by atoms with van der Waals surface area (Å²) in [6.07, 6.45) is 0.470. The van der Waals surface area contributed by atoms with E-state index in [1.807, 2.05) is 5.38 Å². The van der Waals surface area contributed by atoms with Crippen LogP contribution in [0.5, 0.6) is 0 Å². The molecule has 2 rings (SSSR count). The first-order chi connectivity index (χ1) is 6.24. The van der Waals surface area contributed by atoms with E-state index >= 15 is 0 Å².